The summed E-state index contributed by atoms with van der Waals surface area (Å²) in [5.74, 6) is -0.695. The normalized spacial score (nSPS) is 10.1. The number of benzene rings is 2. The maximum atomic E-state index is 13.3. The van der Waals surface area contributed by atoms with E-state index in [-0.39, 0.29) is 17.2 Å². The van der Waals surface area contributed by atoms with E-state index in [1.165, 1.54) is 18.2 Å². The highest BCUT2D eigenvalue weighted by molar-refractivity contribution is 7.80. The summed E-state index contributed by atoms with van der Waals surface area (Å²) in [5.41, 5.74) is 12.1. The minimum absolute atomic E-state index is 0.0225. The Labute approximate surface area is 126 Å². The van der Waals surface area contributed by atoms with Gasteiger partial charge in [0, 0.05) is 11.1 Å². The first-order valence-corrected chi connectivity index (χ1v) is 6.49. The molecule has 0 aliphatic carbocycles. The van der Waals surface area contributed by atoms with Gasteiger partial charge in [-0.1, -0.05) is 24.4 Å². The maximum absolute atomic E-state index is 13.3. The molecule has 0 fully saturated rings. The number of hydrogen-bond donors (Lipinski definition) is 2. The van der Waals surface area contributed by atoms with Crippen molar-refractivity contribution in [1.29, 1.82) is 0 Å². The van der Waals surface area contributed by atoms with Crippen LogP contribution < -0.4 is 16.2 Å². The number of para-hydroxylation sites is 1. The monoisotopic (exact) mass is 304 g/mol. The van der Waals surface area contributed by atoms with Gasteiger partial charge in [0.25, 0.3) is 5.91 Å². The molecule has 0 spiro atoms. The summed E-state index contributed by atoms with van der Waals surface area (Å²) >= 11 is 4.92. The Morgan fingerprint density at radius 2 is 1.86 bits per heavy atom. The fraction of sp³-hybridized carbons (Fsp3) is 0.0667. The highest BCUT2D eigenvalue weighted by atomic mass is 32.1. The number of carbonyl (C=O) groups is 1. The summed E-state index contributed by atoms with van der Waals surface area (Å²) in [6.07, 6.45) is 0. The van der Waals surface area contributed by atoms with Gasteiger partial charge in [0.2, 0.25) is 0 Å². The van der Waals surface area contributed by atoms with Crippen LogP contribution in [0.3, 0.4) is 0 Å². The smallest absolute Gasteiger partial charge is 0.252 e. The first kappa shape index (κ1) is 14.9. The third-order valence-electron chi connectivity index (χ3n) is 2.87. The van der Waals surface area contributed by atoms with Gasteiger partial charge in [0.1, 0.15) is 23.2 Å². The van der Waals surface area contributed by atoms with Crippen LogP contribution in [0.4, 0.5) is 4.39 Å². The lowest BCUT2D eigenvalue weighted by molar-refractivity contribution is 0.0996. The van der Waals surface area contributed by atoms with Gasteiger partial charge in [0.15, 0.2) is 0 Å². The molecule has 4 nitrogen and oxygen atoms in total. The van der Waals surface area contributed by atoms with Crippen molar-refractivity contribution in [1.82, 2.24) is 0 Å². The lowest BCUT2D eigenvalue weighted by Gasteiger charge is -2.12. The Kier molecular flexibility index (Phi) is 4.49. The summed E-state index contributed by atoms with van der Waals surface area (Å²) in [6, 6.07) is 10.6. The molecule has 0 heterocycles. The number of carbonyl (C=O) groups excluding carboxylic acids is 1. The molecular formula is C15H13FN2O2S. The molecular weight excluding hydrogens is 291 g/mol. The van der Waals surface area contributed by atoms with E-state index in [1.807, 2.05) is 0 Å². The number of amides is 1. The maximum Gasteiger partial charge on any atom is 0.252 e. The molecule has 0 aromatic heterocycles. The van der Waals surface area contributed by atoms with Crippen molar-refractivity contribution in [3.63, 3.8) is 0 Å². The molecule has 0 aliphatic rings. The fourth-order valence-corrected chi connectivity index (χ4v) is 2.07. The van der Waals surface area contributed by atoms with E-state index in [9.17, 15) is 9.18 Å². The van der Waals surface area contributed by atoms with Crippen LogP contribution in [0.2, 0.25) is 0 Å². The average Bonchev–Trinajstić information content (AvgIpc) is 2.45. The SMILES string of the molecule is NC(=O)c1ccccc1OCc1cc(F)ccc1C(N)=S. The van der Waals surface area contributed by atoms with Crippen LogP contribution in [0.5, 0.6) is 5.75 Å². The fourth-order valence-electron chi connectivity index (χ4n) is 1.87. The van der Waals surface area contributed by atoms with Gasteiger partial charge in [-0.15, -0.1) is 0 Å². The number of halogens is 1. The second-order valence-electron chi connectivity index (χ2n) is 4.31. The van der Waals surface area contributed by atoms with Crippen molar-refractivity contribution in [3.05, 3.63) is 65.0 Å². The van der Waals surface area contributed by atoms with Crippen LogP contribution >= 0.6 is 12.2 Å². The number of primary amides is 1. The number of hydrogen-bond acceptors (Lipinski definition) is 3. The van der Waals surface area contributed by atoms with Gasteiger partial charge in [-0.25, -0.2) is 4.39 Å². The Bertz CT molecular complexity index is 704. The van der Waals surface area contributed by atoms with Gasteiger partial charge in [0.05, 0.1) is 5.56 Å². The van der Waals surface area contributed by atoms with Crippen molar-refractivity contribution >= 4 is 23.1 Å². The van der Waals surface area contributed by atoms with Crippen molar-refractivity contribution in [2.45, 2.75) is 6.61 Å². The lowest BCUT2D eigenvalue weighted by atomic mass is 10.1. The van der Waals surface area contributed by atoms with E-state index in [0.717, 1.165) is 0 Å². The average molecular weight is 304 g/mol. The second-order valence-corrected chi connectivity index (χ2v) is 4.75. The Balaban J connectivity index is 2.27. The number of nitrogens with two attached hydrogens (primary N) is 2. The molecule has 0 bridgehead atoms. The van der Waals surface area contributed by atoms with Crippen LogP contribution in [0.1, 0.15) is 21.5 Å². The third kappa shape index (κ3) is 3.55. The molecule has 21 heavy (non-hydrogen) atoms. The number of rotatable bonds is 5. The van der Waals surface area contributed by atoms with Crippen LogP contribution in [-0.2, 0) is 6.61 Å². The number of ether oxygens (including phenoxy) is 1. The highest BCUT2D eigenvalue weighted by Gasteiger charge is 2.11. The zero-order chi connectivity index (χ0) is 15.4. The predicted octanol–water partition coefficient (Wildman–Crippen LogP) is 2.14. The second kappa shape index (κ2) is 6.32. The van der Waals surface area contributed by atoms with Gasteiger partial charge in [-0.3, -0.25) is 4.79 Å². The quantitative estimate of drug-likeness (QED) is 0.830. The summed E-state index contributed by atoms with van der Waals surface area (Å²) in [7, 11) is 0. The first-order chi connectivity index (χ1) is 9.99. The van der Waals surface area contributed by atoms with Crippen molar-refractivity contribution in [2.24, 2.45) is 11.5 Å². The van der Waals surface area contributed by atoms with Crippen molar-refractivity contribution in [3.8, 4) is 5.75 Å². The molecule has 4 N–H and O–H groups in total. The first-order valence-electron chi connectivity index (χ1n) is 6.09. The zero-order valence-electron chi connectivity index (χ0n) is 11.0. The third-order valence-corrected chi connectivity index (χ3v) is 3.09. The summed E-state index contributed by atoms with van der Waals surface area (Å²) < 4.78 is 18.9. The van der Waals surface area contributed by atoms with E-state index in [4.69, 9.17) is 28.4 Å². The predicted molar refractivity (Wildman–Crippen MR) is 81.6 cm³/mol. The van der Waals surface area contributed by atoms with Crippen LogP contribution in [0.15, 0.2) is 42.5 Å². The molecule has 0 saturated heterocycles. The Hall–Kier alpha value is -2.47. The molecule has 2 aromatic rings. The molecule has 2 rings (SSSR count). The molecule has 6 heteroatoms. The van der Waals surface area contributed by atoms with E-state index < -0.39 is 11.7 Å². The highest BCUT2D eigenvalue weighted by Crippen LogP contribution is 2.20. The van der Waals surface area contributed by atoms with E-state index in [0.29, 0.717) is 16.9 Å². The van der Waals surface area contributed by atoms with Gasteiger partial charge in [-0.05, 0) is 30.3 Å². The molecule has 2 aromatic carbocycles. The molecule has 0 atom stereocenters. The molecule has 108 valence electrons. The Morgan fingerprint density at radius 3 is 2.52 bits per heavy atom. The van der Waals surface area contributed by atoms with Gasteiger partial charge >= 0.3 is 0 Å². The van der Waals surface area contributed by atoms with Crippen LogP contribution in [-0.4, -0.2) is 10.9 Å². The standard InChI is InChI=1S/C15H13FN2O2S/c16-10-5-6-11(15(18)21)9(7-10)8-20-13-4-2-1-3-12(13)14(17)19/h1-7H,8H2,(H2,17,19)(H2,18,21). The molecule has 0 aliphatic heterocycles. The van der Waals surface area contributed by atoms with Gasteiger partial charge in [-0.2, -0.15) is 0 Å². The van der Waals surface area contributed by atoms with Crippen molar-refractivity contribution in [2.75, 3.05) is 0 Å². The largest absolute Gasteiger partial charge is 0.488 e. The topological polar surface area (TPSA) is 78.3 Å². The minimum Gasteiger partial charge on any atom is -0.488 e. The summed E-state index contributed by atoms with van der Waals surface area (Å²) in [6.45, 7) is 0.0225. The van der Waals surface area contributed by atoms with E-state index in [1.54, 1.807) is 24.3 Å². The lowest BCUT2D eigenvalue weighted by Crippen LogP contribution is -2.15. The Morgan fingerprint density at radius 1 is 1.14 bits per heavy atom. The van der Waals surface area contributed by atoms with E-state index >= 15 is 0 Å². The zero-order valence-corrected chi connectivity index (χ0v) is 11.8. The van der Waals surface area contributed by atoms with Crippen molar-refractivity contribution < 1.29 is 13.9 Å². The minimum atomic E-state index is -0.598. The molecule has 1 amide bonds. The molecule has 0 radical (unpaired) electrons. The van der Waals surface area contributed by atoms with E-state index in [2.05, 4.69) is 0 Å². The van der Waals surface area contributed by atoms with Crippen LogP contribution in [0.25, 0.3) is 0 Å². The number of thiocarbonyl (C=S) groups is 1. The van der Waals surface area contributed by atoms with Gasteiger partial charge < -0.3 is 16.2 Å². The van der Waals surface area contributed by atoms with Crippen LogP contribution in [0, 0.1) is 5.82 Å². The summed E-state index contributed by atoms with van der Waals surface area (Å²) in [5, 5.41) is 0. The molecule has 0 saturated carbocycles. The molecule has 0 unspecified atom stereocenters. The summed E-state index contributed by atoms with van der Waals surface area (Å²) in [4.78, 5) is 11.5.